The highest BCUT2D eigenvalue weighted by Gasteiger charge is 2.04. The lowest BCUT2D eigenvalue weighted by atomic mass is 10.2. The molecule has 0 amide bonds. The summed E-state index contributed by atoms with van der Waals surface area (Å²) in [5, 5.41) is 1.01. The molecule has 0 aliphatic carbocycles. The number of nitrogens with zero attached hydrogens (tertiary/aromatic N) is 3. The van der Waals surface area contributed by atoms with Crippen LogP contribution in [-0.4, -0.2) is 15.0 Å². The van der Waals surface area contributed by atoms with Crippen LogP contribution in [0, 0.1) is 0 Å². The number of oxazole rings is 1. The van der Waals surface area contributed by atoms with Gasteiger partial charge in [0.2, 0.25) is 5.89 Å². The summed E-state index contributed by atoms with van der Waals surface area (Å²) in [6, 6.07) is 7.67. The zero-order valence-corrected chi connectivity index (χ0v) is 7.79. The van der Waals surface area contributed by atoms with Gasteiger partial charge in [-0.15, -0.1) is 0 Å². The molecule has 3 rings (SSSR count). The van der Waals surface area contributed by atoms with E-state index in [-0.39, 0.29) is 0 Å². The molecule has 3 aromatic heterocycles. The number of hydrogen-bond donors (Lipinski definition) is 0. The molecule has 0 aliphatic rings. The van der Waals surface area contributed by atoms with Crippen LogP contribution < -0.4 is 0 Å². The molecule has 0 aromatic carbocycles. The van der Waals surface area contributed by atoms with Crippen LogP contribution in [0.15, 0.2) is 47.3 Å². The third-order valence-electron chi connectivity index (χ3n) is 2.12. The Morgan fingerprint density at radius 2 is 2.00 bits per heavy atom. The highest BCUT2D eigenvalue weighted by atomic mass is 16.3. The fraction of sp³-hybridized carbons (Fsp3) is 0. The summed E-state index contributed by atoms with van der Waals surface area (Å²) in [7, 11) is 0. The van der Waals surface area contributed by atoms with Crippen LogP contribution >= 0.6 is 0 Å². The molecular formula is C11H7N3O. The van der Waals surface area contributed by atoms with Crippen LogP contribution in [0.4, 0.5) is 0 Å². The fourth-order valence-electron chi connectivity index (χ4n) is 1.42. The minimum atomic E-state index is 0.516. The largest absolute Gasteiger partial charge is 0.443 e. The van der Waals surface area contributed by atoms with Crippen molar-refractivity contribution in [3.8, 4) is 11.6 Å². The molecule has 3 heterocycles. The summed E-state index contributed by atoms with van der Waals surface area (Å²) < 4.78 is 5.17. The van der Waals surface area contributed by atoms with E-state index in [0.717, 1.165) is 5.39 Å². The lowest BCUT2D eigenvalue weighted by Gasteiger charge is -1.97. The number of aromatic nitrogens is 3. The van der Waals surface area contributed by atoms with Crippen molar-refractivity contribution in [1.29, 1.82) is 0 Å². The minimum Gasteiger partial charge on any atom is -0.443 e. The maximum Gasteiger partial charge on any atom is 0.245 e. The molecule has 0 N–H and O–H groups in total. The molecule has 72 valence electrons. The normalized spacial score (nSPS) is 10.7. The first-order chi connectivity index (χ1) is 7.43. The molecule has 0 saturated heterocycles. The number of hydrogen-bond acceptors (Lipinski definition) is 4. The second kappa shape index (κ2) is 3.16. The van der Waals surface area contributed by atoms with Gasteiger partial charge < -0.3 is 4.42 Å². The predicted octanol–water partition coefficient (Wildman–Crippen LogP) is 2.28. The van der Waals surface area contributed by atoms with E-state index in [1.54, 1.807) is 12.4 Å². The topological polar surface area (TPSA) is 51.8 Å². The van der Waals surface area contributed by atoms with Crippen molar-refractivity contribution >= 4 is 11.0 Å². The zero-order valence-electron chi connectivity index (χ0n) is 7.79. The van der Waals surface area contributed by atoms with Crippen LogP contribution in [-0.2, 0) is 0 Å². The third-order valence-corrected chi connectivity index (χ3v) is 2.12. The number of rotatable bonds is 1. The van der Waals surface area contributed by atoms with Crippen molar-refractivity contribution < 1.29 is 4.42 Å². The van der Waals surface area contributed by atoms with E-state index < -0.39 is 0 Å². The van der Waals surface area contributed by atoms with Gasteiger partial charge in [-0.2, -0.15) is 0 Å². The highest BCUT2D eigenvalue weighted by molar-refractivity contribution is 5.76. The van der Waals surface area contributed by atoms with Crippen molar-refractivity contribution in [3.63, 3.8) is 0 Å². The summed E-state index contributed by atoms with van der Waals surface area (Å²) in [5.41, 5.74) is 1.40. The fourth-order valence-corrected chi connectivity index (χ4v) is 1.42. The molecule has 4 heteroatoms. The molecule has 0 radical (unpaired) electrons. The zero-order chi connectivity index (χ0) is 10.1. The lowest BCUT2D eigenvalue weighted by molar-refractivity contribution is 0.572. The van der Waals surface area contributed by atoms with E-state index >= 15 is 0 Å². The molecule has 0 aliphatic heterocycles. The molecule has 0 bridgehead atoms. The van der Waals surface area contributed by atoms with Crippen molar-refractivity contribution in [2.24, 2.45) is 0 Å². The van der Waals surface area contributed by atoms with Gasteiger partial charge in [-0.1, -0.05) is 0 Å². The Kier molecular flexibility index (Phi) is 1.71. The van der Waals surface area contributed by atoms with Gasteiger partial charge in [0.05, 0.1) is 6.20 Å². The van der Waals surface area contributed by atoms with Crippen molar-refractivity contribution in [3.05, 3.63) is 42.9 Å². The van der Waals surface area contributed by atoms with Crippen LogP contribution in [0.2, 0.25) is 0 Å². The second-order valence-corrected chi connectivity index (χ2v) is 3.08. The van der Waals surface area contributed by atoms with Gasteiger partial charge in [0.25, 0.3) is 0 Å². The third kappa shape index (κ3) is 1.36. The number of pyridine rings is 2. The van der Waals surface area contributed by atoms with E-state index in [2.05, 4.69) is 15.0 Å². The first kappa shape index (κ1) is 8.11. The van der Waals surface area contributed by atoms with Crippen molar-refractivity contribution in [2.45, 2.75) is 0 Å². The van der Waals surface area contributed by atoms with E-state index in [9.17, 15) is 0 Å². The Morgan fingerprint density at radius 1 is 1.00 bits per heavy atom. The second-order valence-electron chi connectivity index (χ2n) is 3.08. The Morgan fingerprint density at radius 3 is 2.87 bits per heavy atom. The highest BCUT2D eigenvalue weighted by Crippen LogP contribution is 2.17. The average Bonchev–Trinajstić information content (AvgIpc) is 2.82. The predicted molar refractivity (Wildman–Crippen MR) is 55.0 cm³/mol. The maximum atomic E-state index is 5.17. The molecule has 4 nitrogen and oxygen atoms in total. The average molecular weight is 197 g/mol. The monoisotopic (exact) mass is 197 g/mol. The molecule has 0 saturated carbocycles. The molecule has 0 fully saturated rings. The SMILES string of the molecule is c1cnc2nc(-c3ncco3)ccc2c1. The minimum absolute atomic E-state index is 0.516. The Bertz CT molecular complexity index is 590. The van der Waals surface area contributed by atoms with Gasteiger partial charge in [0, 0.05) is 11.6 Å². The van der Waals surface area contributed by atoms with E-state index in [1.165, 1.54) is 6.26 Å². The van der Waals surface area contributed by atoms with Gasteiger partial charge in [-0.05, 0) is 24.3 Å². The van der Waals surface area contributed by atoms with Crippen LogP contribution in [0.5, 0.6) is 0 Å². The van der Waals surface area contributed by atoms with E-state index in [4.69, 9.17) is 4.42 Å². The smallest absolute Gasteiger partial charge is 0.245 e. The summed E-state index contributed by atoms with van der Waals surface area (Å²) in [6.45, 7) is 0. The molecule has 15 heavy (non-hydrogen) atoms. The molecule has 0 spiro atoms. The van der Waals surface area contributed by atoms with Crippen molar-refractivity contribution in [2.75, 3.05) is 0 Å². The Balaban J connectivity index is 2.22. The van der Waals surface area contributed by atoms with Crippen LogP contribution in [0.1, 0.15) is 0 Å². The van der Waals surface area contributed by atoms with Gasteiger partial charge >= 0.3 is 0 Å². The summed E-state index contributed by atoms with van der Waals surface area (Å²) in [4.78, 5) is 12.6. The summed E-state index contributed by atoms with van der Waals surface area (Å²) in [5.74, 6) is 0.516. The van der Waals surface area contributed by atoms with E-state index in [1.807, 2.05) is 24.3 Å². The summed E-state index contributed by atoms with van der Waals surface area (Å²) >= 11 is 0. The summed E-state index contributed by atoms with van der Waals surface area (Å²) in [6.07, 6.45) is 4.84. The van der Waals surface area contributed by atoms with Crippen LogP contribution in [0.25, 0.3) is 22.6 Å². The Hall–Kier alpha value is -2.23. The first-order valence-corrected chi connectivity index (χ1v) is 4.55. The molecule has 0 unspecified atom stereocenters. The number of fused-ring (bicyclic) bond motifs is 1. The van der Waals surface area contributed by atoms with Crippen molar-refractivity contribution in [1.82, 2.24) is 15.0 Å². The maximum absolute atomic E-state index is 5.17. The molecule has 0 atom stereocenters. The quantitative estimate of drug-likeness (QED) is 0.600. The lowest BCUT2D eigenvalue weighted by Crippen LogP contribution is -1.87. The standard InChI is InChI=1S/C11H7N3O/c1-2-8-3-4-9(11-13-6-7-15-11)14-10(8)12-5-1/h1-7H. The first-order valence-electron chi connectivity index (χ1n) is 4.55. The van der Waals surface area contributed by atoms with Gasteiger partial charge in [-0.3, -0.25) is 0 Å². The molecule has 3 aromatic rings. The molecular weight excluding hydrogens is 190 g/mol. The Labute approximate surface area is 85.6 Å². The van der Waals surface area contributed by atoms with Crippen LogP contribution in [0.3, 0.4) is 0 Å². The van der Waals surface area contributed by atoms with E-state index in [0.29, 0.717) is 17.2 Å². The van der Waals surface area contributed by atoms with Gasteiger partial charge in [-0.25, -0.2) is 15.0 Å². The van der Waals surface area contributed by atoms with Gasteiger partial charge in [0.15, 0.2) is 5.65 Å². The van der Waals surface area contributed by atoms with Gasteiger partial charge in [0.1, 0.15) is 12.0 Å².